The molecule has 1 N–H and O–H groups in total. The molecule has 1 aliphatic heterocycles. The van der Waals surface area contributed by atoms with Crippen LogP contribution in [0.5, 0.6) is 5.75 Å². The highest BCUT2D eigenvalue weighted by atomic mass is 16.5. The van der Waals surface area contributed by atoms with Crippen molar-refractivity contribution in [3.63, 3.8) is 0 Å². The molecule has 0 radical (unpaired) electrons. The maximum absolute atomic E-state index is 12.7. The molecule has 5 rings (SSSR count). The van der Waals surface area contributed by atoms with Crippen LogP contribution in [0.1, 0.15) is 35.3 Å². The Balaban J connectivity index is 1.32. The average Bonchev–Trinajstić information content (AvgIpc) is 3.28. The molecule has 1 amide bonds. The number of aromatic nitrogens is 3. The van der Waals surface area contributed by atoms with Crippen LogP contribution >= 0.6 is 0 Å². The Bertz CT molecular complexity index is 1200. The molecule has 0 bridgehead atoms. The highest BCUT2D eigenvalue weighted by Gasteiger charge is 2.17. The first-order valence-electron chi connectivity index (χ1n) is 10.9. The molecule has 1 fully saturated rings. The largest absolute Gasteiger partial charge is 0.489 e. The lowest BCUT2D eigenvalue weighted by Crippen LogP contribution is -2.45. The normalized spacial score (nSPS) is 14.4. The van der Waals surface area contributed by atoms with Gasteiger partial charge in [-0.05, 0) is 42.2 Å². The summed E-state index contributed by atoms with van der Waals surface area (Å²) >= 11 is 0. The fraction of sp³-hybridized carbons (Fsp3) is 0.240. The third-order valence-corrected chi connectivity index (χ3v) is 5.63. The maximum Gasteiger partial charge on any atom is 0.284 e. The van der Waals surface area contributed by atoms with Gasteiger partial charge in [0.15, 0.2) is 5.65 Å². The third-order valence-electron chi connectivity index (χ3n) is 5.63. The molecule has 1 aliphatic rings. The molecule has 162 valence electrons. The van der Waals surface area contributed by atoms with E-state index in [4.69, 9.17) is 4.74 Å². The van der Waals surface area contributed by atoms with Crippen LogP contribution in [0, 0.1) is 0 Å². The quantitative estimate of drug-likeness (QED) is 0.502. The van der Waals surface area contributed by atoms with E-state index >= 15 is 0 Å². The van der Waals surface area contributed by atoms with Gasteiger partial charge in [-0.25, -0.2) is 14.5 Å². The molecule has 7 heteroatoms. The number of piperidine rings is 1. The number of rotatable bonds is 6. The van der Waals surface area contributed by atoms with Gasteiger partial charge in [-0.3, -0.25) is 10.2 Å². The molecule has 0 aliphatic carbocycles. The highest BCUT2D eigenvalue weighted by Crippen LogP contribution is 2.26. The highest BCUT2D eigenvalue weighted by molar-refractivity contribution is 5.93. The number of nitrogens with zero attached hydrogens (tertiary/aromatic N) is 4. The fourth-order valence-electron chi connectivity index (χ4n) is 3.88. The van der Waals surface area contributed by atoms with Crippen LogP contribution in [-0.2, 0) is 6.61 Å². The summed E-state index contributed by atoms with van der Waals surface area (Å²) < 4.78 is 7.57. The van der Waals surface area contributed by atoms with Gasteiger partial charge < -0.3 is 4.74 Å². The second-order valence-electron chi connectivity index (χ2n) is 7.93. The topological polar surface area (TPSA) is 71.8 Å². The average molecular weight is 428 g/mol. The van der Waals surface area contributed by atoms with E-state index in [1.54, 1.807) is 23.0 Å². The Morgan fingerprint density at radius 2 is 1.75 bits per heavy atom. The maximum atomic E-state index is 12.7. The number of hydrogen-bond donors (Lipinski definition) is 1. The Morgan fingerprint density at radius 1 is 0.969 bits per heavy atom. The van der Waals surface area contributed by atoms with E-state index in [0.717, 1.165) is 48.4 Å². The minimum absolute atomic E-state index is 0.189. The van der Waals surface area contributed by atoms with Gasteiger partial charge in [0.1, 0.15) is 18.1 Å². The van der Waals surface area contributed by atoms with Gasteiger partial charge >= 0.3 is 0 Å². The molecule has 3 heterocycles. The summed E-state index contributed by atoms with van der Waals surface area (Å²) in [6.45, 7) is 2.28. The van der Waals surface area contributed by atoms with E-state index in [2.05, 4.69) is 15.5 Å². The summed E-state index contributed by atoms with van der Waals surface area (Å²) in [5.74, 6) is 0.606. The Hall–Kier alpha value is -3.71. The molecule has 32 heavy (non-hydrogen) atoms. The summed E-state index contributed by atoms with van der Waals surface area (Å²) in [6.07, 6.45) is 6.96. The van der Waals surface area contributed by atoms with Gasteiger partial charge in [0.25, 0.3) is 5.91 Å². The van der Waals surface area contributed by atoms with Gasteiger partial charge in [-0.1, -0.05) is 48.9 Å². The smallest absolute Gasteiger partial charge is 0.284 e. The zero-order valence-electron chi connectivity index (χ0n) is 17.8. The molecular weight excluding hydrogens is 402 g/mol. The predicted octanol–water partition coefficient (Wildman–Crippen LogP) is 4.11. The van der Waals surface area contributed by atoms with Crippen molar-refractivity contribution < 1.29 is 9.53 Å². The van der Waals surface area contributed by atoms with Crippen LogP contribution in [0.2, 0.25) is 0 Å². The van der Waals surface area contributed by atoms with Crippen molar-refractivity contribution in [3.8, 4) is 16.9 Å². The van der Waals surface area contributed by atoms with E-state index in [0.29, 0.717) is 17.9 Å². The van der Waals surface area contributed by atoms with Gasteiger partial charge in [0, 0.05) is 24.8 Å². The molecule has 0 saturated carbocycles. The van der Waals surface area contributed by atoms with E-state index in [-0.39, 0.29) is 5.91 Å². The van der Waals surface area contributed by atoms with Crippen molar-refractivity contribution >= 4 is 11.6 Å². The molecule has 2 aromatic heterocycles. The van der Waals surface area contributed by atoms with Crippen molar-refractivity contribution in [3.05, 3.63) is 84.3 Å². The minimum Gasteiger partial charge on any atom is -0.489 e. The van der Waals surface area contributed by atoms with Gasteiger partial charge in [0.2, 0.25) is 0 Å². The number of hydrazine groups is 1. The number of benzene rings is 2. The Labute approximate surface area is 186 Å². The van der Waals surface area contributed by atoms with Crippen LogP contribution in [0.4, 0.5) is 0 Å². The van der Waals surface area contributed by atoms with E-state index in [1.807, 2.05) is 59.6 Å². The number of carbonyl (C=O) groups is 1. The number of carbonyl (C=O) groups excluding carboxylic acids is 1. The summed E-state index contributed by atoms with van der Waals surface area (Å²) in [4.78, 5) is 17.3. The van der Waals surface area contributed by atoms with Gasteiger partial charge in [-0.2, -0.15) is 5.10 Å². The van der Waals surface area contributed by atoms with Crippen molar-refractivity contribution in [2.24, 2.45) is 0 Å². The van der Waals surface area contributed by atoms with E-state index in [1.165, 1.54) is 6.42 Å². The van der Waals surface area contributed by atoms with E-state index in [9.17, 15) is 4.79 Å². The monoisotopic (exact) mass is 427 g/mol. The molecule has 7 nitrogen and oxygen atoms in total. The second kappa shape index (κ2) is 9.20. The van der Waals surface area contributed by atoms with Gasteiger partial charge in [0.05, 0.1) is 6.20 Å². The summed E-state index contributed by atoms with van der Waals surface area (Å²) in [5.41, 5.74) is 6.96. The molecule has 1 saturated heterocycles. The first-order chi connectivity index (χ1) is 15.8. The number of nitrogens with one attached hydrogen (secondary N) is 1. The molecule has 4 aromatic rings. The summed E-state index contributed by atoms with van der Waals surface area (Å²) in [7, 11) is 0. The lowest BCUT2D eigenvalue weighted by atomic mass is 10.1. The Morgan fingerprint density at radius 3 is 2.53 bits per heavy atom. The summed E-state index contributed by atoms with van der Waals surface area (Å²) in [5, 5.41) is 6.37. The van der Waals surface area contributed by atoms with Crippen LogP contribution in [0.3, 0.4) is 0 Å². The molecular formula is C25H25N5O2. The number of hydrogen-bond acceptors (Lipinski definition) is 5. The number of amides is 1. The van der Waals surface area contributed by atoms with E-state index < -0.39 is 0 Å². The predicted molar refractivity (Wildman–Crippen MR) is 122 cm³/mol. The van der Waals surface area contributed by atoms with Crippen molar-refractivity contribution in [2.75, 3.05) is 13.1 Å². The Kier molecular flexibility index (Phi) is 5.81. The second-order valence-corrected chi connectivity index (χ2v) is 7.93. The van der Waals surface area contributed by atoms with Crippen LogP contribution in [-0.4, -0.2) is 38.6 Å². The van der Waals surface area contributed by atoms with Crippen molar-refractivity contribution in [2.45, 2.75) is 25.9 Å². The van der Waals surface area contributed by atoms with Crippen LogP contribution in [0.15, 0.2) is 73.1 Å². The number of ether oxygens (including phenoxy) is 1. The standard InChI is InChI=1S/C25H25N5O2/c31-25(28-29-14-5-2-6-15-29)23-13-16-30-24(27-23)22(17-26-30)20-9-11-21(12-10-20)32-18-19-7-3-1-4-8-19/h1,3-4,7-13,16-17H,2,5-6,14-15,18H2,(H,28,31). The van der Waals surface area contributed by atoms with Gasteiger partial charge in [-0.15, -0.1) is 0 Å². The molecule has 0 unspecified atom stereocenters. The summed E-state index contributed by atoms with van der Waals surface area (Å²) in [6, 6.07) is 19.6. The van der Waals surface area contributed by atoms with Crippen molar-refractivity contribution in [1.29, 1.82) is 0 Å². The fourth-order valence-corrected chi connectivity index (χ4v) is 3.88. The zero-order valence-corrected chi connectivity index (χ0v) is 17.8. The van der Waals surface area contributed by atoms with Crippen LogP contribution in [0.25, 0.3) is 16.8 Å². The SMILES string of the molecule is O=C(NN1CCCCC1)c1ccn2ncc(-c3ccc(OCc4ccccc4)cc3)c2n1. The van der Waals surface area contributed by atoms with Crippen molar-refractivity contribution in [1.82, 2.24) is 25.0 Å². The molecule has 0 atom stereocenters. The lowest BCUT2D eigenvalue weighted by Gasteiger charge is -2.26. The first-order valence-corrected chi connectivity index (χ1v) is 10.9. The zero-order chi connectivity index (χ0) is 21.8. The minimum atomic E-state index is -0.189. The molecule has 2 aromatic carbocycles. The number of fused-ring (bicyclic) bond motifs is 1. The van der Waals surface area contributed by atoms with Crippen LogP contribution < -0.4 is 10.2 Å². The first kappa shape index (κ1) is 20.2. The third kappa shape index (κ3) is 4.48. The lowest BCUT2D eigenvalue weighted by molar-refractivity contribution is 0.0745. The molecule has 0 spiro atoms.